The van der Waals surface area contributed by atoms with Crippen molar-refractivity contribution in [3.8, 4) is 0 Å². The highest BCUT2D eigenvalue weighted by molar-refractivity contribution is 5.14. The van der Waals surface area contributed by atoms with E-state index in [1.54, 1.807) is 10.6 Å². The molecule has 0 radical (unpaired) electrons. The van der Waals surface area contributed by atoms with Gasteiger partial charge in [-0.05, 0) is 26.3 Å². The van der Waals surface area contributed by atoms with Crippen LogP contribution in [0.5, 0.6) is 0 Å². The number of hydrogen-bond donors (Lipinski definition) is 1. The Morgan fingerprint density at radius 2 is 2.14 bits per heavy atom. The molecule has 1 aromatic rings. The minimum absolute atomic E-state index is 0.0388. The molecule has 0 bridgehead atoms. The molecular weight excluding hydrogens is 176 g/mol. The summed E-state index contributed by atoms with van der Waals surface area (Å²) in [5.41, 5.74) is 6.44. The molecule has 0 spiro atoms. The van der Waals surface area contributed by atoms with Crippen LogP contribution in [0.1, 0.15) is 44.8 Å². The van der Waals surface area contributed by atoms with E-state index in [2.05, 4.69) is 6.92 Å². The van der Waals surface area contributed by atoms with E-state index >= 15 is 0 Å². The van der Waals surface area contributed by atoms with Gasteiger partial charge in [0.25, 0.3) is 5.56 Å². The van der Waals surface area contributed by atoms with Gasteiger partial charge in [-0.15, -0.1) is 0 Å². The van der Waals surface area contributed by atoms with Gasteiger partial charge in [-0.2, -0.15) is 0 Å². The molecule has 1 heterocycles. The van der Waals surface area contributed by atoms with Crippen molar-refractivity contribution in [2.75, 3.05) is 0 Å². The Balaban J connectivity index is 3.21. The topological polar surface area (TPSA) is 48.0 Å². The second-order valence-electron chi connectivity index (χ2n) is 3.72. The largest absolute Gasteiger partial charge is 0.324 e. The molecule has 0 aliphatic carbocycles. The summed E-state index contributed by atoms with van der Waals surface area (Å²) in [7, 11) is 0. The molecule has 3 heteroatoms. The van der Waals surface area contributed by atoms with Crippen LogP contribution < -0.4 is 11.3 Å². The van der Waals surface area contributed by atoms with Crippen LogP contribution in [0, 0.1) is 0 Å². The monoisotopic (exact) mass is 194 g/mol. The van der Waals surface area contributed by atoms with E-state index < -0.39 is 0 Å². The maximum absolute atomic E-state index is 11.9. The van der Waals surface area contributed by atoms with Crippen LogP contribution in [0.3, 0.4) is 0 Å². The van der Waals surface area contributed by atoms with E-state index in [0.29, 0.717) is 5.56 Å². The number of nitrogens with two attached hydrogens (primary N) is 1. The third kappa shape index (κ3) is 2.04. The molecule has 1 aromatic heterocycles. The third-order valence-electron chi connectivity index (χ3n) is 2.56. The first-order valence-electron chi connectivity index (χ1n) is 5.04. The summed E-state index contributed by atoms with van der Waals surface area (Å²) in [6.07, 6.45) is 2.77. The molecule has 0 fully saturated rings. The lowest BCUT2D eigenvalue weighted by molar-refractivity contribution is 0.508. The first-order chi connectivity index (χ1) is 6.57. The number of nitrogens with zero attached hydrogens (tertiary/aromatic N) is 1. The zero-order valence-corrected chi connectivity index (χ0v) is 9.03. The molecule has 78 valence electrons. The lowest BCUT2D eigenvalue weighted by Gasteiger charge is -2.15. The minimum atomic E-state index is -0.195. The van der Waals surface area contributed by atoms with E-state index in [-0.39, 0.29) is 17.6 Å². The van der Waals surface area contributed by atoms with E-state index in [1.807, 2.05) is 26.1 Å². The number of rotatable bonds is 3. The molecule has 0 aromatic carbocycles. The van der Waals surface area contributed by atoms with Crippen LogP contribution in [0.15, 0.2) is 23.1 Å². The fourth-order valence-electron chi connectivity index (χ4n) is 1.42. The average molecular weight is 194 g/mol. The van der Waals surface area contributed by atoms with Crippen LogP contribution in [-0.4, -0.2) is 4.57 Å². The second kappa shape index (κ2) is 4.42. The highest BCUT2D eigenvalue weighted by Gasteiger charge is 2.09. The normalized spacial score (nSPS) is 15.1. The predicted molar refractivity (Wildman–Crippen MR) is 58.3 cm³/mol. The van der Waals surface area contributed by atoms with Gasteiger partial charge in [0.05, 0.1) is 0 Å². The molecule has 2 unspecified atom stereocenters. The van der Waals surface area contributed by atoms with Crippen molar-refractivity contribution >= 4 is 0 Å². The molecule has 14 heavy (non-hydrogen) atoms. The summed E-state index contributed by atoms with van der Waals surface area (Å²) < 4.78 is 1.75. The molecular formula is C11H18N2O. The van der Waals surface area contributed by atoms with Crippen LogP contribution >= 0.6 is 0 Å². The van der Waals surface area contributed by atoms with E-state index in [1.165, 1.54) is 0 Å². The Labute approximate surface area is 84.6 Å². The fourth-order valence-corrected chi connectivity index (χ4v) is 1.42. The molecule has 3 nitrogen and oxygen atoms in total. The molecule has 0 saturated carbocycles. The summed E-state index contributed by atoms with van der Waals surface area (Å²) >= 11 is 0. The van der Waals surface area contributed by atoms with Crippen molar-refractivity contribution in [2.24, 2.45) is 5.73 Å². The summed E-state index contributed by atoms with van der Waals surface area (Å²) in [4.78, 5) is 11.9. The molecule has 0 amide bonds. The zero-order chi connectivity index (χ0) is 10.7. The lowest BCUT2D eigenvalue weighted by Crippen LogP contribution is -2.28. The SMILES string of the molecule is CCC(C)n1cccc(C(C)N)c1=O. The van der Waals surface area contributed by atoms with Gasteiger partial charge < -0.3 is 10.3 Å². The van der Waals surface area contributed by atoms with Crippen molar-refractivity contribution in [2.45, 2.75) is 39.3 Å². The lowest BCUT2D eigenvalue weighted by atomic mass is 10.1. The molecule has 0 aliphatic rings. The first-order valence-corrected chi connectivity index (χ1v) is 5.04. The Morgan fingerprint density at radius 3 is 2.64 bits per heavy atom. The predicted octanol–water partition coefficient (Wildman–Crippen LogP) is 1.84. The summed E-state index contributed by atoms with van der Waals surface area (Å²) in [5, 5.41) is 0. The van der Waals surface area contributed by atoms with Gasteiger partial charge in [0.1, 0.15) is 0 Å². The van der Waals surface area contributed by atoms with Crippen molar-refractivity contribution in [1.29, 1.82) is 0 Å². The van der Waals surface area contributed by atoms with Crippen LogP contribution in [0.2, 0.25) is 0 Å². The number of pyridine rings is 1. The van der Waals surface area contributed by atoms with Crippen molar-refractivity contribution in [1.82, 2.24) is 4.57 Å². The van der Waals surface area contributed by atoms with Gasteiger partial charge in [0.2, 0.25) is 0 Å². The number of hydrogen-bond acceptors (Lipinski definition) is 2. The molecule has 1 rings (SSSR count). The van der Waals surface area contributed by atoms with Crippen LogP contribution in [0.25, 0.3) is 0 Å². The van der Waals surface area contributed by atoms with Gasteiger partial charge >= 0.3 is 0 Å². The molecule has 0 saturated heterocycles. The second-order valence-corrected chi connectivity index (χ2v) is 3.72. The Bertz CT molecular complexity index is 355. The Kier molecular flexibility index (Phi) is 3.47. The zero-order valence-electron chi connectivity index (χ0n) is 9.03. The fraction of sp³-hybridized carbons (Fsp3) is 0.545. The van der Waals surface area contributed by atoms with E-state index in [0.717, 1.165) is 6.42 Å². The minimum Gasteiger partial charge on any atom is -0.324 e. The van der Waals surface area contributed by atoms with Crippen molar-refractivity contribution in [3.63, 3.8) is 0 Å². The Hall–Kier alpha value is -1.09. The van der Waals surface area contributed by atoms with E-state index in [9.17, 15) is 4.79 Å². The quantitative estimate of drug-likeness (QED) is 0.798. The standard InChI is InChI=1S/C11H18N2O/c1-4-8(2)13-7-5-6-10(9(3)12)11(13)14/h5-9H,4,12H2,1-3H3. The van der Waals surface area contributed by atoms with Crippen LogP contribution in [-0.2, 0) is 0 Å². The summed E-state index contributed by atoms with van der Waals surface area (Å²) in [5.74, 6) is 0. The maximum atomic E-state index is 11.9. The third-order valence-corrected chi connectivity index (χ3v) is 2.56. The van der Waals surface area contributed by atoms with Gasteiger partial charge in [0.15, 0.2) is 0 Å². The van der Waals surface area contributed by atoms with Crippen LogP contribution in [0.4, 0.5) is 0 Å². The highest BCUT2D eigenvalue weighted by atomic mass is 16.1. The maximum Gasteiger partial charge on any atom is 0.255 e. The molecule has 2 N–H and O–H groups in total. The van der Waals surface area contributed by atoms with Gasteiger partial charge in [-0.25, -0.2) is 0 Å². The van der Waals surface area contributed by atoms with Gasteiger partial charge in [-0.1, -0.05) is 13.0 Å². The van der Waals surface area contributed by atoms with Crippen molar-refractivity contribution in [3.05, 3.63) is 34.2 Å². The molecule has 0 aliphatic heterocycles. The Morgan fingerprint density at radius 1 is 1.50 bits per heavy atom. The average Bonchev–Trinajstić information content (AvgIpc) is 2.16. The summed E-state index contributed by atoms with van der Waals surface area (Å²) in [6, 6.07) is 3.72. The van der Waals surface area contributed by atoms with Gasteiger partial charge in [-0.3, -0.25) is 4.79 Å². The highest BCUT2D eigenvalue weighted by Crippen LogP contribution is 2.09. The smallest absolute Gasteiger partial charge is 0.255 e. The molecule has 2 atom stereocenters. The van der Waals surface area contributed by atoms with E-state index in [4.69, 9.17) is 5.73 Å². The van der Waals surface area contributed by atoms with Gasteiger partial charge in [0, 0.05) is 23.8 Å². The van der Waals surface area contributed by atoms with Crippen molar-refractivity contribution < 1.29 is 0 Å². The summed E-state index contributed by atoms with van der Waals surface area (Å²) in [6.45, 7) is 5.93. The number of aromatic nitrogens is 1. The first kappa shape index (κ1) is 11.0.